The SMILES string of the molecule is C=C(C)C=O.C=CC1CN2CCC1CC2C(O)c1ccnc2ccccc12.COC(=O)C12CC(C)=C(O)C(Cc3nc(OC)ccc31)C2=O.COC(=O)C1=C(O)CCC2N=C(OC)N=CC12. The van der Waals surface area contributed by atoms with Gasteiger partial charge >= 0.3 is 18.0 Å². The molecule has 0 radical (unpaired) electrons. The quantitative estimate of drug-likeness (QED) is 0.0786. The third kappa shape index (κ3) is 9.70. The Balaban J connectivity index is 0.000000157. The minimum Gasteiger partial charge on any atom is -0.512 e. The Hall–Kier alpha value is -6.52. The van der Waals surface area contributed by atoms with Gasteiger partial charge in [0.25, 0.3) is 0 Å². The number of ether oxygens (including phenoxy) is 4. The third-order valence-corrected chi connectivity index (χ3v) is 13.3. The Morgan fingerprint density at radius 3 is 2.41 bits per heavy atom. The molecule has 4 aliphatic heterocycles. The van der Waals surface area contributed by atoms with Crippen LogP contribution in [0.5, 0.6) is 5.88 Å². The molecular weight excluding hydrogens is 847 g/mol. The number of carbonyl (C=O) groups excluding carboxylic acids is 4. The van der Waals surface area contributed by atoms with Gasteiger partial charge in [-0.25, -0.2) is 19.8 Å². The fourth-order valence-electron chi connectivity index (χ4n) is 9.88. The molecule has 7 aliphatic rings. The van der Waals surface area contributed by atoms with Crippen LogP contribution in [-0.4, -0.2) is 120 Å². The van der Waals surface area contributed by atoms with E-state index in [9.17, 15) is 34.5 Å². The number of benzene rings is 1. The number of Topliss-reactive ketones (excluding diaryl/α,β-unsaturated/α-hetero) is 1. The number of rotatable bonds is 7. The van der Waals surface area contributed by atoms with E-state index in [-0.39, 0.29) is 53.7 Å². The topological polar surface area (TPSA) is 220 Å². The maximum absolute atomic E-state index is 12.8. The molecule has 0 saturated carbocycles. The zero-order valence-electron chi connectivity index (χ0n) is 38.3. The van der Waals surface area contributed by atoms with Crippen molar-refractivity contribution in [2.75, 3.05) is 41.5 Å². The van der Waals surface area contributed by atoms with Gasteiger partial charge in [-0.05, 0) is 92.3 Å². The second kappa shape index (κ2) is 21.2. The summed E-state index contributed by atoms with van der Waals surface area (Å²) in [7, 11) is 5.54. The van der Waals surface area contributed by atoms with Crippen LogP contribution in [0.25, 0.3) is 10.9 Å². The summed E-state index contributed by atoms with van der Waals surface area (Å²) in [6, 6.07) is 13.8. The first-order chi connectivity index (χ1) is 31.7. The van der Waals surface area contributed by atoms with Crippen molar-refractivity contribution in [3.05, 3.63) is 113 Å². The Bertz CT molecular complexity index is 2490. The van der Waals surface area contributed by atoms with Gasteiger partial charge in [0.1, 0.15) is 17.8 Å². The van der Waals surface area contributed by atoms with Crippen molar-refractivity contribution < 1.29 is 53.4 Å². The lowest BCUT2D eigenvalue weighted by Crippen LogP contribution is -2.54. The van der Waals surface area contributed by atoms with E-state index < -0.39 is 29.4 Å². The average Bonchev–Trinajstić information content (AvgIpc) is 3.35. The summed E-state index contributed by atoms with van der Waals surface area (Å²) in [5.74, 6) is -0.743. The van der Waals surface area contributed by atoms with Gasteiger partial charge in [0.05, 0.1) is 69.2 Å². The molecule has 9 atom stereocenters. The number of aliphatic imine (C=N–C) groups is 2. The number of carbonyl (C=O) groups is 4. The zero-order valence-corrected chi connectivity index (χ0v) is 38.3. The third-order valence-electron chi connectivity index (χ3n) is 13.3. The number of nitrogens with zero attached hydrogens (tertiary/aromatic N) is 5. The van der Waals surface area contributed by atoms with Crippen molar-refractivity contribution in [2.24, 2.45) is 33.7 Å². The number of amidine groups is 1. The van der Waals surface area contributed by atoms with E-state index in [1.165, 1.54) is 34.9 Å². The molecule has 0 amide bonds. The molecule has 0 spiro atoms. The van der Waals surface area contributed by atoms with Crippen LogP contribution in [0.15, 0.2) is 106 Å². The van der Waals surface area contributed by atoms with Gasteiger partial charge in [-0.2, -0.15) is 0 Å². The largest absolute Gasteiger partial charge is 0.512 e. The number of para-hydroxylation sites is 1. The Labute approximate surface area is 384 Å². The molecule has 10 rings (SSSR count). The van der Waals surface area contributed by atoms with Gasteiger partial charge in [-0.3, -0.25) is 24.3 Å². The highest BCUT2D eigenvalue weighted by atomic mass is 16.5. The van der Waals surface area contributed by atoms with Crippen LogP contribution < -0.4 is 4.74 Å². The van der Waals surface area contributed by atoms with Crippen LogP contribution in [0.4, 0.5) is 0 Å². The Morgan fingerprint density at radius 2 is 1.77 bits per heavy atom. The van der Waals surface area contributed by atoms with Crippen LogP contribution in [0.2, 0.25) is 0 Å². The number of hydrogen-bond donors (Lipinski definition) is 3. The minimum atomic E-state index is -1.41. The van der Waals surface area contributed by atoms with Gasteiger partial charge in [-0.15, -0.1) is 6.58 Å². The van der Waals surface area contributed by atoms with Crippen molar-refractivity contribution in [1.29, 1.82) is 0 Å². The minimum absolute atomic E-state index is 0.0415. The number of allylic oxidation sites excluding steroid dienone is 4. The maximum Gasteiger partial charge on any atom is 0.337 e. The number of aliphatic hydroxyl groups is 3. The second-order valence-corrected chi connectivity index (χ2v) is 17.2. The fraction of sp³-hybridized carbons (Fsp3) is 0.440. The summed E-state index contributed by atoms with van der Waals surface area (Å²) >= 11 is 0. The van der Waals surface area contributed by atoms with E-state index in [0.717, 1.165) is 42.3 Å². The van der Waals surface area contributed by atoms with Gasteiger partial charge < -0.3 is 34.3 Å². The molecule has 4 bridgehead atoms. The Kier molecular flexibility index (Phi) is 15.7. The highest BCUT2D eigenvalue weighted by Crippen LogP contribution is 2.48. The van der Waals surface area contributed by atoms with Gasteiger partial charge in [0.2, 0.25) is 5.88 Å². The van der Waals surface area contributed by atoms with Crippen LogP contribution >= 0.6 is 0 Å². The lowest BCUT2D eigenvalue weighted by molar-refractivity contribution is -0.154. The summed E-state index contributed by atoms with van der Waals surface area (Å²) in [5.41, 5.74) is 3.16. The number of esters is 2. The molecular formula is C50H59N5O11. The molecule has 3 aliphatic carbocycles. The summed E-state index contributed by atoms with van der Waals surface area (Å²) in [6.45, 7) is 12.8. The summed E-state index contributed by atoms with van der Waals surface area (Å²) in [6.07, 6.45) is 9.51. The van der Waals surface area contributed by atoms with E-state index >= 15 is 0 Å². The number of ketones is 1. The number of methoxy groups -OCH3 is 4. The van der Waals surface area contributed by atoms with E-state index in [2.05, 4.69) is 54.9 Å². The molecule has 16 nitrogen and oxygen atoms in total. The van der Waals surface area contributed by atoms with Gasteiger partial charge in [-0.1, -0.05) is 36.9 Å². The number of piperidine rings is 3. The standard InChI is InChI=1S/C19H22N2O.C16H17NO5.C11H14N2O4.C4H6O/c1-2-13-12-21-10-8-14(13)11-18(21)19(22)16-7-9-20-17-6-4-3-5-15(16)17;1-8-7-16(15(20)22-3)10-4-5-12(21-2)17-11(10)6-9(13(8)18)14(16)19;1-16-10(15)9-6-5-12-11(17-2)13-7(6)3-4-8(9)14;1-4(2)3-5/h2-7,9,13-14,18-19,22H,1,8,10-12H2;4-5,9,18H,6-7H2,1-3H3;5-7,14H,3-4H2,1-2H3;3H,1H2,2H3. The van der Waals surface area contributed by atoms with Gasteiger partial charge in [0.15, 0.2) is 11.2 Å². The lowest BCUT2D eigenvalue weighted by Gasteiger charge is -2.50. The highest BCUT2D eigenvalue weighted by molar-refractivity contribution is 6.13. The molecule has 3 aromatic rings. The summed E-state index contributed by atoms with van der Waals surface area (Å²) < 4.78 is 19.6. The van der Waals surface area contributed by atoms with Crippen LogP contribution in [0, 0.1) is 23.7 Å². The number of aliphatic hydroxyl groups excluding tert-OH is 3. The monoisotopic (exact) mass is 905 g/mol. The van der Waals surface area contributed by atoms with E-state index in [1.807, 2.05) is 30.5 Å². The van der Waals surface area contributed by atoms with E-state index in [4.69, 9.17) is 14.2 Å². The molecule has 350 valence electrons. The number of fused-ring (bicyclic) bond motifs is 9. The number of aldehydes is 1. The lowest BCUT2D eigenvalue weighted by atomic mass is 9.59. The predicted octanol–water partition coefficient (Wildman–Crippen LogP) is 6.24. The number of hydrogen-bond acceptors (Lipinski definition) is 16. The van der Waals surface area contributed by atoms with Crippen molar-refractivity contribution in [2.45, 2.75) is 76.0 Å². The van der Waals surface area contributed by atoms with Crippen molar-refractivity contribution in [3.63, 3.8) is 0 Å². The maximum atomic E-state index is 12.8. The molecule has 6 heterocycles. The molecule has 3 fully saturated rings. The number of aromatic nitrogens is 2. The fourth-order valence-corrected chi connectivity index (χ4v) is 9.88. The average molecular weight is 906 g/mol. The van der Waals surface area contributed by atoms with Gasteiger partial charge in [0, 0.05) is 49.3 Å². The predicted molar refractivity (Wildman–Crippen MR) is 247 cm³/mol. The van der Waals surface area contributed by atoms with Crippen LogP contribution in [0.1, 0.15) is 68.9 Å². The molecule has 3 N–H and O–H groups in total. The molecule has 2 aromatic heterocycles. The smallest absolute Gasteiger partial charge is 0.337 e. The van der Waals surface area contributed by atoms with E-state index in [1.54, 1.807) is 32.2 Å². The van der Waals surface area contributed by atoms with Crippen molar-refractivity contribution in [3.8, 4) is 5.88 Å². The molecule has 9 unspecified atom stereocenters. The molecule has 16 heteroatoms. The zero-order chi connectivity index (χ0) is 47.9. The summed E-state index contributed by atoms with van der Waals surface area (Å²) in [4.78, 5) is 65.8. The molecule has 1 aromatic carbocycles. The normalized spacial score (nSPS) is 27.0. The first-order valence-corrected chi connectivity index (χ1v) is 21.9. The first kappa shape index (κ1) is 48.9. The molecule has 3 saturated heterocycles. The molecule has 66 heavy (non-hydrogen) atoms. The summed E-state index contributed by atoms with van der Waals surface area (Å²) in [5, 5.41) is 32.1. The van der Waals surface area contributed by atoms with Crippen molar-refractivity contribution >= 4 is 47.1 Å². The Morgan fingerprint density at radius 1 is 1.03 bits per heavy atom. The van der Waals surface area contributed by atoms with Crippen molar-refractivity contribution in [1.82, 2.24) is 14.9 Å². The number of pyridine rings is 2. The van der Waals surface area contributed by atoms with E-state index in [0.29, 0.717) is 59.0 Å². The van der Waals surface area contributed by atoms with Crippen LogP contribution in [0.3, 0.4) is 0 Å². The highest BCUT2D eigenvalue weighted by Gasteiger charge is 2.59. The first-order valence-electron chi connectivity index (χ1n) is 21.9. The second-order valence-electron chi connectivity index (χ2n) is 17.2. The van der Waals surface area contributed by atoms with Crippen LogP contribution in [-0.2, 0) is 45.2 Å².